The molecule has 8 nitrogen and oxygen atoms in total. The highest BCUT2D eigenvalue weighted by Gasteiger charge is 2.34. The van der Waals surface area contributed by atoms with Gasteiger partial charge in [0.05, 0.1) is 5.69 Å². The number of carbonyl (C=O) groups is 3. The van der Waals surface area contributed by atoms with Gasteiger partial charge >= 0.3 is 6.09 Å². The van der Waals surface area contributed by atoms with Gasteiger partial charge in [-0.2, -0.15) is 0 Å². The molecule has 0 N–H and O–H groups in total. The lowest BCUT2D eigenvalue weighted by Gasteiger charge is -2.37. The largest absolute Gasteiger partial charge is 0.478 e. The van der Waals surface area contributed by atoms with Crippen molar-refractivity contribution in [2.24, 2.45) is 0 Å². The zero-order valence-corrected chi connectivity index (χ0v) is 18.2. The van der Waals surface area contributed by atoms with Crippen LogP contribution in [0.25, 0.3) is 0 Å². The first-order valence-electron chi connectivity index (χ1n) is 10.5. The quantitative estimate of drug-likeness (QED) is 0.753. The lowest BCUT2D eigenvalue weighted by molar-refractivity contribution is -0.133. The van der Waals surface area contributed by atoms with Crippen molar-refractivity contribution in [2.45, 2.75) is 52.2 Å². The van der Waals surface area contributed by atoms with Gasteiger partial charge in [-0.1, -0.05) is 19.1 Å². The summed E-state index contributed by atoms with van der Waals surface area (Å²) in [6.45, 7) is 9.52. The molecule has 0 aromatic heterocycles. The number of rotatable bonds is 4. The molecule has 30 heavy (non-hydrogen) atoms. The molecule has 1 atom stereocenters. The van der Waals surface area contributed by atoms with Crippen LogP contribution < -0.4 is 9.64 Å². The minimum atomic E-state index is -0.540. The highest BCUT2D eigenvalue weighted by Crippen LogP contribution is 2.34. The smallest absolute Gasteiger partial charge is 0.410 e. The average Bonchev–Trinajstić information content (AvgIpc) is 2.71. The van der Waals surface area contributed by atoms with Gasteiger partial charge in [0, 0.05) is 39.1 Å². The molecule has 1 unspecified atom stereocenters. The molecule has 1 fully saturated rings. The van der Waals surface area contributed by atoms with Crippen LogP contribution in [-0.4, -0.2) is 72.1 Å². The second kappa shape index (κ2) is 8.93. The van der Waals surface area contributed by atoms with Crippen molar-refractivity contribution >= 4 is 23.6 Å². The van der Waals surface area contributed by atoms with Gasteiger partial charge in [-0.3, -0.25) is 9.59 Å². The highest BCUT2D eigenvalue weighted by molar-refractivity contribution is 6.00. The fourth-order valence-corrected chi connectivity index (χ4v) is 3.60. The zero-order chi connectivity index (χ0) is 21.9. The van der Waals surface area contributed by atoms with E-state index in [9.17, 15) is 14.4 Å². The van der Waals surface area contributed by atoms with Gasteiger partial charge < -0.3 is 24.2 Å². The summed E-state index contributed by atoms with van der Waals surface area (Å²) in [5.41, 5.74) is 0.163. The minimum Gasteiger partial charge on any atom is -0.478 e. The van der Waals surface area contributed by atoms with E-state index in [-0.39, 0.29) is 24.3 Å². The van der Waals surface area contributed by atoms with Crippen molar-refractivity contribution in [1.29, 1.82) is 0 Å². The molecule has 3 amide bonds. The number of carbonyl (C=O) groups excluding carboxylic acids is 3. The highest BCUT2D eigenvalue weighted by atomic mass is 16.6. The first kappa shape index (κ1) is 21.9. The Kier molecular flexibility index (Phi) is 6.53. The SMILES string of the molecule is CCC1Oc2ccccc2N(CCC(=O)N2CCN(C(=O)OC(C)(C)C)CC2)C1=O. The molecule has 2 aliphatic heterocycles. The van der Waals surface area contributed by atoms with Gasteiger partial charge in [0.1, 0.15) is 11.4 Å². The fraction of sp³-hybridized carbons (Fsp3) is 0.591. The Labute approximate surface area is 177 Å². The van der Waals surface area contributed by atoms with Crippen LogP contribution in [0.4, 0.5) is 10.5 Å². The molecule has 164 valence electrons. The zero-order valence-electron chi connectivity index (χ0n) is 18.2. The fourth-order valence-electron chi connectivity index (χ4n) is 3.60. The van der Waals surface area contributed by atoms with Gasteiger partial charge in [0.15, 0.2) is 6.10 Å². The molecule has 3 rings (SSSR count). The molecule has 0 spiro atoms. The third kappa shape index (κ3) is 5.04. The lowest BCUT2D eigenvalue weighted by Crippen LogP contribution is -2.52. The number of ether oxygens (including phenoxy) is 2. The lowest BCUT2D eigenvalue weighted by atomic mass is 10.1. The first-order chi connectivity index (χ1) is 14.2. The molecule has 0 radical (unpaired) electrons. The van der Waals surface area contributed by atoms with E-state index in [0.29, 0.717) is 50.6 Å². The van der Waals surface area contributed by atoms with Crippen molar-refractivity contribution in [3.05, 3.63) is 24.3 Å². The van der Waals surface area contributed by atoms with Crippen LogP contribution in [0.2, 0.25) is 0 Å². The standard InChI is InChI=1S/C22H31N3O5/c1-5-17-20(27)25(16-8-6-7-9-18(16)29-17)11-10-19(26)23-12-14-24(15-13-23)21(28)30-22(2,3)4/h6-9,17H,5,10-15H2,1-4H3. The normalized spacial score (nSPS) is 19.3. The summed E-state index contributed by atoms with van der Waals surface area (Å²) in [5, 5.41) is 0. The maximum absolute atomic E-state index is 12.8. The van der Waals surface area contributed by atoms with Gasteiger partial charge in [0.25, 0.3) is 5.91 Å². The number of hydrogen-bond acceptors (Lipinski definition) is 5. The van der Waals surface area contributed by atoms with Crippen LogP contribution in [0.15, 0.2) is 24.3 Å². The van der Waals surface area contributed by atoms with E-state index >= 15 is 0 Å². The number of para-hydroxylation sites is 2. The summed E-state index contributed by atoms with van der Waals surface area (Å²) in [5.74, 6) is 0.532. The topological polar surface area (TPSA) is 79.4 Å². The summed E-state index contributed by atoms with van der Waals surface area (Å²) in [6, 6.07) is 7.40. The first-order valence-corrected chi connectivity index (χ1v) is 10.5. The Hall–Kier alpha value is -2.77. The second-order valence-electron chi connectivity index (χ2n) is 8.57. The monoisotopic (exact) mass is 417 g/mol. The van der Waals surface area contributed by atoms with E-state index in [1.807, 2.05) is 52.0 Å². The molecule has 8 heteroatoms. The van der Waals surface area contributed by atoms with E-state index in [4.69, 9.17) is 9.47 Å². The maximum atomic E-state index is 12.8. The van der Waals surface area contributed by atoms with Crippen molar-refractivity contribution < 1.29 is 23.9 Å². The van der Waals surface area contributed by atoms with Crippen LogP contribution in [0, 0.1) is 0 Å². The van der Waals surface area contributed by atoms with Gasteiger partial charge in [-0.15, -0.1) is 0 Å². The number of benzene rings is 1. The summed E-state index contributed by atoms with van der Waals surface area (Å²) in [6.07, 6.45) is -0.0733. The number of hydrogen-bond donors (Lipinski definition) is 0. The summed E-state index contributed by atoms with van der Waals surface area (Å²) >= 11 is 0. The average molecular weight is 418 g/mol. The van der Waals surface area contributed by atoms with Crippen molar-refractivity contribution in [1.82, 2.24) is 9.80 Å². The molecule has 2 aliphatic rings. The Morgan fingerprint density at radius 3 is 2.37 bits per heavy atom. The Morgan fingerprint density at radius 1 is 1.10 bits per heavy atom. The van der Waals surface area contributed by atoms with E-state index < -0.39 is 11.7 Å². The summed E-state index contributed by atoms with van der Waals surface area (Å²) in [4.78, 5) is 42.7. The predicted octanol–water partition coefficient (Wildman–Crippen LogP) is 2.66. The van der Waals surface area contributed by atoms with Crippen molar-refractivity contribution in [3.63, 3.8) is 0 Å². The Morgan fingerprint density at radius 2 is 1.73 bits per heavy atom. The summed E-state index contributed by atoms with van der Waals surface area (Å²) in [7, 11) is 0. The molecule has 1 aromatic carbocycles. The molecule has 0 saturated carbocycles. The van der Waals surface area contributed by atoms with Crippen molar-refractivity contribution in [2.75, 3.05) is 37.6 Å². The van der Waals surface area contributed by atoms with E-state index in [2.05, 4.69) is 0 Å². The number of nitrogens with zero attached hydrogens (tertiary/aromatic N) is 3. The Balaban J connectivity index is 1.55. The molecular formula is C22H31N3O5. The number of anilines is 1. The minimum absolute atomic E-state index is 0.0244. The number of amides is 3. The molecule has 2 heterocycles. The molecule has 1 aromatic rings. The predicted molar refractivity (Wildman–Crippen MR) is 113 cm³/mol. The van der Waals surface area contributed by atoms with Crippen LogP contribution in [0.1, 0.15) is 40.5 Å². The van der Waals surface area contributed by atoms with Gasteiger partial charge in [-0.05, 0) is 39.3 Å². The number of piperazine rings is 1. The van der Waals surface area contributed by atoms with E-state index in [1.54, 1.807) is 14.7 Å². The molecular weight excluding hydrogens is 386 g/mol. The van der Waals surface area contributed by atoms with E-state index in [0.717, 1.165) is 0 Å². The third-order valence-corrected chi connectivity index (χ3v) is 5.17. The summed E-state index contributed by atoms with van der Waals surface area (Å²) < 4.78 is 11.2. The van der Waals surface area contributed by atoms with Gasteiger partial charge in [-0.25, -0.2) is 4.79 Å². The molecule has 0 bridgehead atoms. The Bertz CT molecular complexity index is 796. The van der Waals surface area contributed by atoms with Crippen LogP contribution >= 0.6 is 0 Å². The van der Waals surface area contributed by atoms with Crippen LogP contribution in [-0.2, 0) is 14.3 Å². The number of fused-ring (bicyclic) bond motifs is 1. The van der Waals surface area contributed by atoms with E-state index in [1.165, 1.54) is 0 Å². The maximum Gasteiger partial charge on any atom is 0.410 e. The molecule has 0 aliphatic carbocycles. The molecule has 1 saturated heterocycles. The van der Waals surface area contributed by atoms with Crippen molar-refractivity contribution in [3.8, 4) is 5.75 Å². The second-order valence-corrected chi connectivity index (χ2v) is 8.57. The van der Waals surface area contributed by atoms with Crippen LogP contribution in [0.5, 0.6) is 5.75 Å². The van der Waals surface area contributed by atoms with Gasteiger partial charge in [0.2, 0.25) is 5.91 Å². The third-order valence-electron chi connectivity index (χ3n) is 5.17. The van der Waals surface area contributed by atoms with Crippen LogP contribution in [0.3, 0.4) is 0 Å².